The standard InChI is InChI=1S/C11H9Cl2F3N2O3/c1-10(8(19)20,11(14,15)16)18-9(21)17-5-2-3-6(12)7(13)4-5/h2-4H,1H3,(H,19,20)(H2,17,18,21). The Kier molecular flexibility index (Phi) is 4.95. The summed E-state index contributed by atoms with van der Waals surface area (Å²) in [5, 5.41) is 12.3. The van der Waals surface area contributed by atoms with Crippen molar-refractivity contribution in [1.82, 2.24) is 5.32 Å². The number of halogens is 5. The van der Waals surface area contributed by atoms with Crippen LogP contribution in [0.15, 0.2) is 18.2 Å². The lowest BCUT2D eigenvalue weighted by Crippen LogP contribution is -2.62. The van der Waals surface area contributed by atoms with Gasteiger partial charge in [0.1, 0.15) is 0 Å². The number of carbonyl (C=O) groups is 2. The highest BCUT2D eigenvalue weighted by Crippen LogP contribution is 2.30. The second kappa shape index (κ2) is 5.98. The van der Waals surface area contributed by atoms with Gasteiger partial charge in [-0.2, -0.15) is 13.2 Å². The zero-order valence-corrected chi connectivity index (χ0v) is 11.9. The van der Waals surface area contributed by atoms with E-state index in [1.807, 2.05) is 5.32 Å². The van der Waals surface area contributed by atoms with E-state index in [1.165, 1.54) is 23.5 Å². The number of rotatable bonds is 3. The highest BCUT2D eigenvalue weighted by Gasteiger charge is 2.58. The van der Waals surface area contributed by atoms with Gasteiger partial charge in [0.25, 0.3) is 0 Å². The quantitative estimate of drug-likeness (QED) is 0.784. The number of hydrogen-bond donors (Lipinski definition) is 3. The second-order valence-corrected chi connectivity index (χ2v) is 4.95. The monoisotopic (exact) mass is 344 g/mol. The number of carboxylic acid groups (broad SMARTS) is 1. The van der Waals surface area contributed by atoms with Crippen LogP contribution in [0.25, 0.3) is 0 Å². The van der Waals surface area contributed by atoms with E-state index in [0.29, 0.717) is 6.92 Å². The Morgan fingerprint density at radius 1 is 1.19 bits per heavy atom. The van der Waals surface area contributed by atoms with Crippen LogP contribution in [0.5, 0.6) is 0 Å². The van der Waals surface area contributed by atoms with Gasteiger partial charge in [-0.3, -0.25) is 0 Å². The molecule has 1 aromatic carbocycles. The number of benzene rings is 1. The Hall–Kier alpha value is -1.67. The fourth-order valence-corrected chi connectivity index (χ4v) is 1.51. The smallest absolute Gasteiger partial charge is 0.422 e. The van der Waals surface area contributed by atoms with Gasteiger partial charge in [-0.25, -0.2) is 9.59 Å². The summed E-state index contributed by atoms with van der Waals surface area (Å²) in [5.74, 6) is -2.24. The van der Waals surface area contributed by atoms with Crippen molar-refractivity contribution in [2.24, 2.45) is 0 Å². The molecule has 116 valence electrons. The van der Waals surface area contributed by atoms with Gasteiger partial charge in [0.2, 0.25) is 5.54 Å². The number of anilines is 1. The van der Waals surface area contributed by atoms with Crippen molar-refractivity contribution in [3.8, 4) is 0 Å². The summed E-state index contributed by atoms with van der Waals surface area (Å²) >= 11 is 11.3. The SMILES string of the molecule is CC(NC(=O)Nc1ccc(Cl)c(Cl)c1)(C(=O)O)C(F)(F)F. The van der Waals surface area contributed by atoms with Crippen LogP contribution in [0.2, 0.25) is 10.0 Å². The maximum absolute atomic E-state index is 12.7. The number of alkyl halides is 3. The average Bonchev–Trinajstić information content (AvgIpc) is 2.32. The molecule has 10 heteroatoms. The van der Waals surface area contributed by atoms with E-state index >= 15 is 0 Å². The van der Waals surface area contributed by atoms with Gasteiger partial charge in [-0.05, 0) is 25.1 Å². The molecule has 0 aliphatic carbocycles. The van der Waals surface area contributed by atoms with Gasteiger partial charge >= 0.3 is 18.2 Å². The van der Waals surface area contributed by atoms with Crippen LogP contribution in [0.4, 0.5) is 23.7 Å². The minimum atomic E-state index is -5.17. The van der Waals surface area contributed by atoms with Crippen molar-refractivity contribution in [3.05, 3.63) is 28.2 Å². The first kappa shape index (κ1) is 17.4. The summed E-state index contributed by atoms with van der Waals surface area (Å²) < 4.78 is 38.1. The Morgan fingerprint density at radius 3 is 2.19 bits per heavy atom. The molecule has 3 N–H and O–H groups in total. The lowest BCUT2D eigenvalue weighted by atomic mass is 10.0. The molecule has 0 fully saturated rings. The Morgan fingerprint density at radius 2 is 1.76 bits per heavy atom. The molecule has 0 radical (unpaired) electrons. The summed E-state index contributed by atoms with van der Waals surface area (Å²) in [7, 11) is 0. The van der Waals surface area contributed by atoms with Gasteiger partial charge in [0, 0.05) is 5.69 Å². The van der Waals surface area contributed by atoms with E-state index < -0.39 is 23.7 Å². The number of carboxylic acids is 1. The summed E-state index contributed by atoms with van der Waals surface area (Å²) in [6.45, 7) is 0.337. The molecule has 0 aliphatic heterocycles. The zero-order chi connectivity index (χ0) is 16.4. The summed E-state index contributed by atoms with van der Waals surface area (Å²) in [4.78, 5) is 22.3. The number of amides is 2. The average molecular weight is 345 g/mol. The zero-order valence-electron chi connectivity index (χ0n) is 10.4. The predicted octanol–water partition coefficient (Wildman–Crippen LogP) is 3.52. The molecular formula is C11H9Cl2F3N2O3. The Bertz CT molecular complexity index is 580. The van der Waals surface area contributed by atoms with Gasteiger partial charge in [0.05, 0.1) is 10.0 Å². The number of carbonyl (C=O) groups excluding carboxylic acids is 1. The first-order valence-electron chi connectivity index (χ1n) is 5.31. The van der Waals surface area contributed by atoms with Crippen LogP contribution in [0, 0.1) is 0 Å². The van der Waals surface area contributed by atoms with Gasteiger partial charge in [-0.15, -0.1) is 0 Å². The van der Waals surface area contributed by atoms with Crippen molar-refractivity contribution in [2.45, 2.75) is 18.6 Å². The number of aliphatic carboxylic acids is 1. The molecule has 1 atom stereocenters. The summed E-state index contributed by atoms with van der Waals surface area (Å²) in [6, 6.07) is 2.46. The maximum atomic E-state index is 12.7. The molecule has 0 bridgehead atoms. The lowest BCUT2D eigenvalue weighted by Gasteiger charge is -2.28. The fourth-order valence-electron chi connectivity index (χ4n) is 1.21. The fraction of sp³-hybridized carbons (Fsp3) is 0.273. The first-order valence-corrected chi connectivity index (χ1v) is 6.07. The normalized spacial score (nSPS) is 14.2. The molecule has 21 heavy (non-hydrogen) atoms. The van der Waals surface area contributed by atoms with E-state index in [4.69, 9.17) is 28.3 Å². The van der Waals surface area contributed by atoms with Gasteiger partial charge in [-0.1, -0.05) is 23.2 Å². The molecular weight excluding hydrogens is 336 g/mol. The van der Waals surface area contributed by atoms with Crippen molar-refractivity contribution in [3.63, 3.8) is 0 Å². The van der Waals surface area contributed by atoms with E-state index in [2.05, 4.69) is 0 Å². The lowest BCUT2D eigenvalue weighted by molar-refractivity contribution is -0.203. The van der Waals surface area contributed by atoms with E-state index in [1.54, 1.807) is 0 Å². The van der Waals surface area contributed by atoms with Crippen molar-refractivity contribution >= 4 is 40.9 Å². The molecule has 1 unspecified atom stereocenters. The molecule has 0 aromatic heterocycles. The molecule has 0 saturated carbocycles. The molecule has 0 heterocycles. The number of urea groups is 1. The first-order chi connectivity index (χ1) is 9.47. The number of nitrogens with one attached hydrogen (secondary N) is 2. The molecule has 0 saturated heterocycles. The highest BCUT2D eigenvalue weighted by atomic mass is 35.5. The number of hydrogen-bond acceptors (Lipinski definition) is 2. The Balaban J connectivity index is 2.89. The van der Waals surface area contributed by atoms with Crippen molar-refractivity contribution in [2.75, 3.05) is 5.32 Å². The third-order valence-electron chi connectivity index (χ3n) is 2.54. The highest BCUT2D eigenvalue weighted by molar-refractivity contribution is 6.42. The maximum Gasteiger partial charge on any atom is 0.422 e. The van der Waals surface area contributed by atoms with Crippen LogP contribution in [-0.2, 0) is 4.79 Å². The van der Waals surface area contributed by atoms with Crippen LogP contribution >= 0.6 is 23.2 Å². The second-order valence-electron chi connectivity index (χ2n) is 4.14. The molecule has 2 amide bonds. The third kappa shape index (κ3) is 3.92. The van der Waals surface area contributed by atoms with Crippen LogP contribution in [0.1, 0.15) is 6.92 Å². The largest absolute Gasteiger partial charge is 0.479 e. The van der Waals surface area contributed by atoms with Crippen LogP contribution < -0.4 is 10.6 Å². The van der Waals surface area contributed by atoms with Crippen LogP contribution in [0.3, 0.4) is 0 Å². The summed E-state index contributed by atoms with van der Waals surface area (Å²) in [6.07, 6.45) is -5.17. The van der Waals surface area contributed by atoms with Gasteiger partial charge in [0.15, 0.2) is 0 Å². The molecule has 1 rings (SSSR count). The molecule has 1 aromatic rings. The Labute approximate surface area is 127 Å². The summed E-state index contributed by atoms with van der Waals surface area (Å²) in [5.41, 5.74) is -3.37. The topological polar surface area (TPSA) is 78.4 Å². The molecule has 5 nitrogen and oxygen atoms in total. The third-order valence-corrected chi connectivity index (χ3v) is 3.27. The molecule has 0 spiro atoms. The minimum Gasteiger partial charge on any atom is -0.479 e. The van der Waals surface area contributed by atoms with Gasteiger partial charge < -0.3 is 15.7 Å². The van der Waals surface area contributed by atoms with E-state index in [9.17, 15) is 22.8 Å². The van der Waals surface area contributed by atoms with Crippen LogP contribution in [-0.4, -0.2) is 28.8 Å². The minimum absolute atomic E-state index is 0.0526. The van der Waals surface area contributed by atoms with E-state index in [0.717, 1.165) is 0 Å². The van der Waals surface area contributed by atoms with E-state index in [-0.39, 0.29) is 15.7 Å². The molecule has 0 aliphatic rings. The van der Waals surface area contributed by atoms with Crippen molar-refractivity contribution < 1.29 is 27.9 Å². The predicted molar refractivity (Wildman–Crippen MR) is 70.7 cm³/mol. The van der Waals surface area contributed by atoms with Crippen molar-refractivity contribution in [1.29, 1.82) is 0 Å².